The summed E-state index contributed by atoms with van der Waals surface area (Å²) < 4.78 is 10.3. The summed E-state index contributed by atoms with van der Waals surface area (Å²) in [4.78, 5) is 32.5. The highest BCUT2D eigenvalue weighted by molar-refractivity contribution is 7.10. The minimum atomic E-state index is -0.475. The zero-order valence-corrected chi connectivity index (χ0v) is 13.6. The molecule has 7 nitrogen and oxygen atoms in total. The molecule has 0 unspecified atom stereocenters. The molecule has 24 heavy (non-hydrogen) atoms. The first-order chi connectivity index (χ1) is 11.7. The molecule has 0 atom stereocenters. The fourth-order valence-corrected chi connectivity index (χ4v) is 3.48. The van der Waals surface area contributed by atoms with Crippen LogP contribution in [0, 0.1) is 0 Å². The second kappa shape index (κ2) is 6.21. The van der Waals surface area contributed by atoms with E-state index in [9.17, 15) is 9.59 Å². The Morgan fingerprint density at radius 3 is 3.00 bits per heavy atom. The van der Waals surface area contributed by atoms with Crippen LogP contribution >= 0.6 is 11.3 Å². The fourth-order valence-electron chi connectivity index (χ4n) is 2.68. The number of aromatic amines is 1. The van der Waals surface area contributed by atoms with E-state index < -0.39 is 5.76 Å². The molecular weight excluding hydrogens is 330 g/mol. The summed E-state index contributed by atoms with van der Waals surface area (Å²) in [5.74, 6) is -0.400. The van der Waals surface area contributed by atoms with Gasteiger partial charge in [-0.2, -0.15) is 0 Å². The van der Waals surface area contributed by atoms with Gasteiger partial charge < -0.3 is 14.1 Å². The molecule has 0 saturated carbocycles. The largest absolute Gasteiger partial charge is 0.417 e. The molecular formula is C16H15N3O4S. The van der Waals surface area contributed by atoms with E-state index >= 15 is 0 Å². The van der Waals surface area contributed by atoms with Gasteiger partial charge >= 0.3 is 5.76 Å². The van der Waals surface area contributed by atoms with E-state index in [-0.39, 0.29) is 5.91 Å². The van der Waals surface area contributed by atoms with Crippen molar-refractivity contribution < 1.29 is 13.9 Å². The van der Waals surface area contributed by atoms with Crippen LogP contribution in [0.5, 0.6) is 0 Å². The van der Waals surface area contributed by atoms with Crippen LogP contribution in [-0.4, -0.2) is 47.1 Å². The van der Waals surface area contributed by atoms with Gasteiger partial charge in [0.1, 0.15) is 5.01 Å². The number of hydrogen-bond donors (Lipinski definition) is 1. The third-order valence-corrected chi connectivity index (χ3v) is 4.78. The molecule has 1 N–H and O–H groups in total. The van der Waals surface area contributed by atoms with Gasteiger partial charge in [0, 0.05) is 24.0 Å². The normalized spacial score (nSPS) is 15.1. The van der Waals surface area contributed by atoms with Gasteiger partial charge in [0.05, 0.1) is 30.8 Å². The van der Waals surface area contributed by atoms with E-state index in [4.69, 9.17) is 9.15 Å². The van der Waals surface area contributed by atoms with Crippen molar-refractivity contribution in [2.45, 2.75) is 6.42 Å². The Morgan fingerprint density at radius 1 is 1.33 bits per heavy atom. The van der Waals surface area contributed by atoms with Crippen LogP contribution < -0.4 is 5.76 Å². The molecule has 1 saturated heterocycles. The molecule has 1 aromatic carbocycles. The topological polar surface area (TPSA) is 88.4 Å². The van der Waals surface area contributed by atoms with Crippen LogP contribution in [0.3, 0.4) is 0 Å². The lowest BCUT2D eigenvalue weighted by atomic mass is 10.1. The van der Waals surface area contributed by atoms with Crippen molar-refractivity contribution >= 4 is 28.3 Å². The standard InChI is InChI=1S/C16H15N3O4S/c20-15(19-3-5-22-6-4-19)8-14-17-12(9-24-14)10-1-2-11-13(7-10)23-16(21)18-11/h1-2,7,9H,3-6,8H2,(H,18,21). The lowest BCUT2D eigenvalue weighted by Crippen LogP contribution is -2.41. The number of nitrogens with one attached hydrogen (secondary N) is 1. The number of amides is 1. The summed E-state index contributed by atoms with van der Waals surface area (Å²) in [5, 5.41) is 2.69. The van der Waals surface area contributed by atoms with E-state index in [0.29, 0.717) is 43.8 Å². The second-order valence-corrected chi connectivity index (χ2v) is 6.46. The van der Waals surface area contributed by atoms with Gasteiger partial charge in [-0.3, -0.25) is 9.78 Å². The SMILES string of the molecule is O=C(Cc1nc(-c2ccc3[nH]c(=O)oc3c2)cs1)N1CCOCC1. The smallest absolute Gasteiger partial charge is 0.408 e. The molecule has 0 spiro atoms. The zero-order chi connectivity index (χ0) is 16.5. The Kier molecular flexibility index (Phi) is 3.91. The first-order valence-electron chi connectivity index (χ1n) is 7.62. The molecule has 2 aromatic heterocycles. The highest BCUT2D eigenvalue weighted by Crippen LogP contribution is 2.25. The molecule has 3 heterocycles. The minimum Gasteiger partial charge on any atom is -0.408 e. The summed E-state index contributed by atoms with van der Waals surface area (Å²) in [6, 6.07) is 5.43. The number of aromatic nitrogens is 2. The van der Waals surface area contributed by atoms with Gasteiger partial charge in [0.15, 0.2) is 5.58 Å². The van der Waals surface area contributed by atoms with Gasteiger partial charge in [-0.25, -0.2) is 9.78 Å². The highest BCUT2D eigenvalue weighted by Gasteiger charge is 2.18. The number of nitrogens with zero attached hydrogens (tertiary/aromatic N) is 2. The van der Waals surface area contributed by atoms with Crippen molar-refractivity contribution in [3.63, 3.8) is 0 Å². The first-order valence-corrected chi connectivity index (χ1v) is 8.50. The van der Waals surface area contributed by atoms with E-state index in [1.807, 2.05) is 16.3 Å². The van der Waals surface area contributed by atoms with Crippen molar-refractivity contribution in [3.8, 4) is 11.3 Å². The van der Waals surface area contributed by atoms with Crippen molar-refractivity contribution in [2.24, 2.45) is 0 Å². The molecule has 1 fully saturated rings. The number of hydrogen-bond acceptors (Lipinski definition) is 6. The number of H-pyrrole nitrogens is 1. The summed E-state index contributed by atoms with van der Waals surface area (Å²) in [5.41, 5.74) is 2.78. The fraction of sp³-hybridized carbons (Fsp3) is 0.312. The van der Waals surface area contributed by atoms with Crippen LogP contribution in [-0.2, 0) is 16.0 Å². The first kappa shape index (κ1) is 15.1. The van der Waals surface area contributed by atoms with Crippen LogP contribution in [0.4, 0.5) is 0 Å². The van der Waals surface area contributed by atoms with Gasteiger partial charge in [0.2, 0.25) is 5.91 Å². The van der Waals surface area contributed by atoms with Crippen molar-refractivity contribution in [1.29, 1.82) is 0 Å². The number of ether oxygens (including phenoxy) is 1. The van der Waals surface area contributed by atoms with Gasteiger partial charge in [-0.15, -0.1) is 11.3 Å². The van der Waals surface area contributed by atoms with Crippen LogP contribution in [0.25, 0.3) is 22.4 Å². The molecule has 124 valence electrons. The summed E-state index contributed by atoms with van der Waals surface area (Å²) in [7, 11) is 0. The molecule has 3 aromatic rings. The molecule has 1 amide bonds. The molecule has 1 aliphatic heterocycles. The Morgan fingerprint density at radius 2 is 2.17 bits per heavy atom. The van der Waals surface area contributed by atoms with E-state index in [2.05, 4.69) is 9.97 Å². The predicted molar refractivity (Wildman–Crippen MR) is 89.0 cm³/mol. The van der Waals surface area contributed by atoms with Crippen LogP contribution in [0.15, 0.2) is 32.8 Å². The molecule has 1 aliphatic rings. The minimum absolute atomic E-state index is 0.0753. The molecule has 0 aliphatic carbocycles. The predicted octanol–water partition coefficient (Wildman–Crippen LogP) is 1.65. The summed E-state index contributed by atoms with van der Waals surface area (Å²) in [6.07, 6.45) is 0.298. The Bertz CT molecular complexity index is 936. The van der Waals surface area contributed by atoms with Gasteiger partial charge in [-0.05, 0) is 12.1 Å². The molecule has 0 bridgehead atoms. The van der Waals surface area contributed by atoms with Crippen molar-refractivity contribution in [1.82, 2.24) is 14.9 Å². The number of rotatable bonds is 3. The maximum absolute atomic E-state index is 12.3. The van der Waals surface area contributed by atoms with Crippen molar-refractivity contribution in [3.05, 3.63) is 39.1 Å². The number of thiazole rings is 1. The molecule has 8 heteroatoms. The van der Waals surface area contributed by atoms with Crippen molar-refractivity contribution in [2.75, 3.05) is 26.3 Å². The molecule has 4 rings (SSSR count). The quantitative estimate of drug-likeness (QED) is 0.780. The third kappa shape index (κ3) is 2.98. The number of morpholine rings is 1. The lowest BCUT2D eigenvalue weighted by molar-refractivity contribution is -0.134. The Hall–Kier alpha value is -2.45. The number of carbonyl (C=O) groups is 1. The Balaban J connectivity index is 1.52. The number of carbonyl (C=O) groups excluding carboxylic acids is 1. The van der Waals surface area contributed by atoms with Gasteiger partial charge in [-0.1, -0.05) is 6.07 Å². The maximum Gasteiger partial charge on any atom is 0.417 e. The monoisotopic (exact) mass is 345 g/mol. The van der Waals surface area contributed by atoms with Crippen LogP contribution in [0.1, 0.15) is 5.01 Å². The maximum atomic E-state index is 12.3. The highest BCUT2D eigenvalue weighted by atomic mass is 32.1. The number of oxazole rings is 1. The van der Waals surface area contributed by atoms with Gasteiger partial charge in [0.25, 0.3) is 0 Å². The zero-order valence-electron chi connectivity index (χ0n) is 12.8. The Labute approximate surface area is 140 Å². The average molecular weight is 345 g/mol. The number of benzene rings is 1. The lowest BCUT2D eigenvalue weighted by Gasteiger charge is -2.26. The average Bonchev–Trinajstić information content (AvgIpc) is 3.20. The summed E-state index contributed by atoms with van der Waals surface area (Å²) >= 11 is 1.46. The number of fused-ring (bicyclic) bond motifs is 1. The van der Waals surface area contributed by atoms with E-state index in [1.165, 1.54) is 11.3 Å². The van der Waals surface area contributed by atoms with E-state index in [1.54, 1.807) is 12.1 Å². The van der Waals surface area contributed by atoms with E-state index in [0.717, 1.165) is 16.3 Å². The third-order valence-electron chi connectivity index (χ3n) is 3.93. The molecule has 0 radical (unpaired) electrons. The second-order valence-electron chi connectivity index (χ2n) is 5.52. The summed E-state index contributed by atoms with van der Waals surface area (Å²) in [6.45, 7) is 2.47. The van der Waals surface area contributed by atoms with Crippen LogP contribution in [0.2, 0.25) is 0 Å².